The molecule has 2 heterocycles. The maximum Gasteiger partial charge on any atom is 0.240 e. The van der Waals surface area contributed by atoms with Crippen LogP contribution in [0.15, 0.2) is 58.4 Å². The summed E-state index contributed by atoms with van der Waals surface area (Å²) in [5, 5.41) is 3.98. The summed E-state index contributed by atoms with van der Waals surface area (Å²) >= 11 is 1.59. The van der Waals surface area contributed by atoms with E-state index < -0.39 is 15.8 Å². The summed E-state index contributed by atoms with van der Waals surface area (Å²) in [6.45, 7) is 1.65. The van der Waals surface area contributed by atoms with Crippen molar-refractivity contribution in [1.29, 1.82) is 0 Å². The first-order chi connectivity index (χ1) is 11.5. The summed E-state index contributed by atoms with van der Waals surface area (Å²) in [5.74, 6) is -0.429. The quantitative estimate of drug-likeness (QED) is 0.752. The lowest BCUT2D eigenvalue weighted by atomic mass is 10.1. The zero-order chi connectivity index (χ0) is 17.2. The molecule has 0 amide bonds. The summed E-state index contributed by atoms with van der Waals surface area (Å²) in [7, 11) is -3.71. The summed E-state index contributed by atoms with van der Waals surface area (Å²) in [6.07, 6.45) is 3.36. The number of aromatic nitrogens is 1. The third-order valence-electron chi connectivity index (χ3n) is 3.56. The van der Waals surface area contributed by atoms with Crippen LogP contribution in [0.1, 0.15) is 11.1 Å². The molecule has 1 aromatic carbocycles. The van der Waals surface area contributed by atoms with E-state index in [1.807, 2.05) is 22.9 Å². The van der Waals surface area contributed by atoms with Crippen LogP contribution in [-0.4, -0.2) is 13.4 Å². The number of thiophene rings is 1. The van der Waals surface area contributed by atoms with Crippen molar-refractivity contribution in [1.82, 2.24) is 9.71 Å². The van der Waals surface area contributed by atoms with Gasteiger partial charge in [0.2, 0.25) is 10.0 Å². The van der Waals surface area contributed by atoms with Gasteiger partial charge in [0.1, 0.15) is 5.82 Å². The number of nitrogens with one attached hydrogen (secondary N) is 1. The molecule has 4 nitrogen and oxygen atoms in total. The van der Waals surface area contributed by atoms with Crippen LogP contribution in [0, 0.1) is 12.7 Å². The van der Waals surface area contributed by atoms with Gasteiger partial charge in [-0.05, 0) is 64.7 Å². The van der Waals surface area contributed by atoms with Gasteiger partial charge in [0.15, 0.2) is 0 Å². The van der Waals surface area contributed by atoms with Crippen LogP contribution in [0.3, 0.4) is 0 Å². The summed E-state index contributed by atoms with van der Waals surface area (Å²) in [4.78, 5) is 4.20. The third kappa shape index (κ3) is 3.69. The molecule has 24 heavy (non-hydrogen) atoms. The highest BCUT2D eigenvalue weighted by Crippen LogP contribution is 2.22. The van der Waals surface area contributed by atoms with Crippen molar-refractivity contribution in [2.24, 2.45) is 0 Å². The molecule has 124 valence electrons. The standard InChI is InChI=1S/C17H15FN2O2S2/c1-12-6-16(2-3-17(12)18)24(21,22)20-9-13-7-15(10-19-8-13)14-4-5-23-11-14/h2-8,10-11,20H,9H2,1H3. The molecule has 7 heteroatoms. The smallest absolute Gasteiger partial charge is 0.240 e. The molecule has 0 atom stereocenters. The normalized spacial score (nSPS) is 11.6. The Kier molecular flexibility index (Phi) is 4.75. The molecule has 0 unspecified atom stereocenters. The minimum absolute atomic E-state index is 0.0448. The molecule has 2 aromatic heterocycles. The number of hydrogen-bond acceptors (Lipinski definition) is 4. The van der Waals surface area contributed by atoms with Crippen LogP contribution in [0.4, 0.5) is 4.39 Å². The Morgan fingerprint density at radius 3 is 2.71 bits per heavy atom. The topological polar surface area (TPSA) is 59.1 Å². The molecule has 0 fully saturated rings. The monoisotopic (exact) mass is 362 g/mol. The molecule has 0 saturated heterocycles. The predicted molar refractivity (Wildman–Crippen MR) is 92.7 cm³/mol. The Labute approximate surface area is 144 Å². The van der Waals surface area contributed by atoms with Crippen LogP contribution in [0.5, 0.6) is 0 Å². The van der Waals surface area contributed by atoms with Gasteiger partial charge in [0.05, 0.1) is 4.90 Å². The predicted octanol–water partition coefficient (Wildman–Crippen LogP) is 3.74. The van der Waals surface area contributed by atoms with Gasteiger partial charge >= 0.3 is 0 Å². The number of aryl methyl sites for hydroxylation is 1. The largest absolute Gasteiger partial charge is 0.264 e. The zero-order valence-electron chi connectivity index (χ0n) is 12.9. The minimum atomic E-state index is -3.71. The van der Waals surface area contributed by atoms with E-state index in [0.717, 1.165) is 22.8 Å². The van der Waals surface area contributed by atoms with Gasteiger partial charge in [0, 0.05) is 24.5 Å². The number of sulfonamides is 1. The van der Waals surface area contributed by atoms with Crippen LogP contribution < -0.4 is 4.72 Å². The fraction of sp³-hybridized carbons (Fsp3) is 0.118. The van der Waals surface area contributed by atoms with Gasteiger partial charge in [-0.1, -0.05) is 0 Å². The molecular formula is C17H15FN2O2S2. The summed E-state index contributed by atoms with van der Waals surface area (Å²) < 4.78 is 40.5. The van der Waals surface area contributed by atoms with Gasteiger partial charge < -0.3 is 0 Å². The average Bonchev–Trinajstić information content (AvgIpc) is 3.10. The second kappa shape index (κ2) is 6.80. The Hall–Kier alpha value is -2.09. The van der Waals surface area contributed by atoms with E-state index in [0.29, 0.717) is 5.56 Å². The van der Waals surface area contributed by atoms with Crippen molar-refractivity contribution in [3.05, 3.63) is 70.4 Å². The molecule has 0 bridgehead atoms. The molecular weight excluding hydrogens is 347 g/mol. The number of pyridine rings is 1. The van der Waals surface area contributed by atoms with Gasteiger partial charge in [-0.15, -0.1) is 0 Å². The maximum atomic E-state index is 13.3. The first kappa shape index (κ1) is 16.8. The van der Waals surface area contributed by atoms with E-state index in [1.165, 1.54) is 19.1 Å². The van der Waals surface area contributed by atoms with Crippen molar-refractivity contribution in [2.75, 3.05) is 0 Å². The first-order valence-electron chi connectivity index (χ1n) is 7.18. The highest BCUT2D eigenvalue weighted by Gasteiger charge is 2.15. The third-order valence-corrected chi connectivity index (χ3v) is 5.64. The lowest BCUT2D eigenvalue weighted by Gasteiger charge is -2.08. The Morgan fingerprint density at radius 1 is 1.17 bits per heavy atom. The Bertz CT molecular complexity index is 954. The van der Waals surface area contributed by atoms with Crippen LogP contribution in [-0.2, 0) is 16.6 Å². The SMILES string of the molecule is Cc1cc(S(=O)(=O)NCc2cncc(-c3ccsc3)c2)ccc1F. The van der Waals surface area contributed by atoms with Gasteiger partial charge in [-0.3, -0.25) is 4.98 Å². The highest BCUT2D eigenvalue weighted by atomic mass is 32.2. The number of halogens is 1. The van der Waals surface area contributed by atoms with E-state index in [9.17, 15) is 12.8 Å². The van der Waals surface area contributed by atoms with E-state index in [-0.39, 0.29) is 11.4 Å². The molecule has 1 N–H and O–H groups in total. The number of hydrogen-bond donors (Lipinski definition) is 1. The maximum absolute atomic E-state index is 13.3. The fourth-order valence-electron chi connectivity index (χ4n) is 2.22. The molecule has 0 aliphatic rings. The summed E-state index contributed by atoms with van der Waals surface area (Å²) in [5.41, 5.74) is 3.03. The van der Waals surface area contributed by atoms with E-state index in [4.69, 9.17) is 0 Å². The second-order valence-corrected chi connectivity index (χ2v) is 7.88. The van der Waals surface area contributed by atoms with Gasteiger partial charge in [-0.25, -0.2) is 17.5 Å². The molecule has 3 rings (SSSR count). The molecule has 0 radical (unpaired) electrons. The lowest BCUT2D eigenvalue weighted by molar-refractivity contribution is 0.579. The Balaban J connectivity index is 1.77. The fourth-order valence-corrected chi connectivity index (χ4v) is 3.98. The molecule has 0 saturated carbocycles. The number of benzene rings is 1. The molecule has 0 aliphatic carbocycles. The summed E-state index contributed by atoms with van der Waals surface area (Å²) in [6, 6.07) is 7.61. The average molecular weight is 362 g/mol. The van der Waals surface area contributed by atoms with Crippen molar-refractivity contribution >= 4 is 21.4 Å². The second-order valence-electron chi connectivity index (χ2n) is 5.33. The van der Waals surface area contributed by atoms with Crippen molar-refractivity contribution in [3.8, 4) is 11.1 Å². The highest BCUT2D eigenvalue weighted by molar-refractivity contribution is 7.89. The van der Waals surface area contributed by atoms with Crippen molar-refractivity contribution in [3.63, 3.8) is 0 Å². The molecule has 0 spiro atoms. The van der Waals surface area contributed by atoms with Gasteiger partial charge in [0.25, 0.3) is 0 Å². The van der Waals surface area contributed by atoms with E-state index in [2.05, 4.69) is 9.71 Å². The Morgan fingerprint density at radius 2 is 2.00 bits per heavy atom. The lowest BCUT2D eigenvalue weighted by Crippen LogP contribution is -2.23. The van der Waals surface area contributed by atoms with Gasteiger partial charge in [-0.2, -0.15) is 11.3 Å². The van der Waals surface area contributed by atoms with E-state index >= 15 is 0 Å². The molecule has 3 aromatic rings. The van der Waals surface area contributed by atoms with Crippen LogP contribution >= 0.6 is 11.3 Å². The first-order valence-corrected chi connectivity index (χ1v) is 9.60. The van der Waals surface area contributed by atoms with Crippen LogP contribution in [0.25, 0.3) is 11.1 Å². The molecule has 0 aliphatic heterocycles. The van der Waals surface area contributed by atoms with Crippen molar-refractivity contribution < 1.29 is 12.8 Å². The van der Waals surface area contributed by atoms with Crippen LogP contribution in [0.2, 0.25) is 0 Å². The van der Waals surface area contributed by atoms with E-state index in [1.54, 1.807) is 23.7 Å². The minimum Gasteiger partial charge on any atom is -0.264 e. The zero-order valence-corrected chi connectivity index (χ0v) is 14.5. The number of nitrogens with zero attached hydrogens (tertiary/aromatic N) is 1. The number of rotatable bonds is 5. The van der Waals surface area contributed by atoms with Crippen molar-refractivity contribution in [2.45, 2.75) is 18.4 Å².